The first kappa shape index (κ1) is 27.5. The van der Waals surface area contributed by atoms with Crippen LogP contribution in [0.15, 0.2) is 53.5 Å². The van der Waals surface area contributed by atoms with Crippen molar-refractivity contribution >= 4 is 35.8 Å². The highest BCUT2D eigenvalue weighted by Crippen LogP contribution is 2.18. The highest BCUT2D eigenvalue weighted by molar-refractivity contribution is 14.0. The van der Waals surface area contributed by atoms with Crippen LogP contribution in [0.25, 0.3) is 0 Å². The summed E-state index contributed by atoms with van der Waals surface area (Å²) in [6, 6.07) is 15.3. The van der Waals surface area contributed by atoms with Gasteiger partial charge in [0.1, 0.15) is 17.6 Å². The molecular formula is C24H35IN4O3. The minimum atomic E-state index is -0.0717. The second-order valence-electron chi connectivity index (χ2n) is 7.40. The van der Waals surface area contributed by atoms with Crippen LogP contribution in [-0.2, 0) is 6.42 Å². The van der Waals surface area contributed by atoms with Gasteiger partial charge in [0.05, 0.1) is 13.7 Å². The van der Waals surface area contributed by atoms with Gasteiger partial charge in [-0.3, -0.25) is 4.79 Å². The van der Waals surface area contributed by atoms with Crippen LogP contribution in [0, 0.1) is 0 Å². The van der Waals surface area contributed by atoms with Crippen molar-refractivity contribution in [1.82, 2.24) is 15.5 Å². The van der Waals surface area contributed by atoms with E-state index in [1.807, 2.05) is 62.4 Å². The highest BCUT2D eigenvalue weighted by atomic mass is 127. The summed E-state index contributed by atoms with van der Waals surface area (Å²) in [6.07, 6.45) is 0.717. The number of halogens is 1. The Morgan fingerprint density at radius 1 is 1.09 bits per heavy atom. The van der Waals surface area contributed by atoms with E-state index >= 15 is 0 Å². The van der Waals surface area contributed by atoms with E-state index in [4.69, 9.17) is 9.47 Å². The molecule has 0 aromatic heterocycles. The number of rotatable bonds is 10. The van der Waals surface area contributed by atoms with Crippen molar-refractivity contribution in [2.24, 2.45) is 4.99 Å². The van der Waals surface area contributed by atoms with E-state index in [2.05, 4.69) is 15.6 Å². The van der Waals surface area contributed by atoms with Gasteiger partial charge in [-0.2, -0.15) is 0 Å². The number of hydrogen-bond acceptors (Lipinski definition) is 4. The average molecular weight is 554 g/mol. The van der Waals surface area contributed by atoms with Gasteiger partial charge in [-0.15, -0.1) is 24.0 Å². The van der Waals surface area contributed by atoms with E-state index in [0.29, 0.717) is 18.7 Å². The molecule has 2 aromatic rings. The molecule has 0 aliphatic carbocycles. The first-order chi connectivity index (χ1) is 14.9. The van der Waals surface area contributed by atoms with Crippen LogP contribution in [0.2, 0.25) is 0 Å². The van der Waals surface area contributed by atoms with Crippen molar-refractivity contribution in [3.63, 3.8) is 0 Å². The summed E-state index contributed by atoms with van der Waals surface area (Å²) >= 11 is 0. The number of guanidine groups is 1. The monoisotopic (exact) mass is 554 g/mol. The summed E-state index contributed by atoms with van der Waals surface area (Å²) < 4.78 is 11.1. The fraction of sp³-hybridized carbons (Fsp3) is 0.417. The molecule has 0 fully saturated rings. The second-order valence-corrected chi connectivity index (χ2v) is 7.40. The number of nitrogens with one attached hydrogen (secondary N) is 2. The van der Waals surface area contributed by atoms with E-state index in [1.165, 1.54) is 0 Å². The molecule has 0 saturated heterocycles. The molecule has 2 N–H and O–H groups in total. The third kappa shape index (κ3) is 9.33. The molecule has 0 aliphatic heterocycles. The van der Waals surface area contributed by atoms with Crippen LogP contribution < -0.4 is 20.1 Å². The minimum Gasteiger partial charge on any atom is -0.497 e. The summed E-state index contributed by atoms with van der Waals surface area (Å²) in [5.74, 6) is 2.34. The molecule has 0 bridgehead atoms. The highest BCUT2D eigenvalue weighted by Gasteiger charge is 2.09. The molecule has 0 radical (unpaired) electrons. The van der Waals surface area contributed by atoms with Crippen LogP contribution >= 0.6 is 24.0 Å². The van der Waals surface area contributed by atoms with Crippen LogP contribution in [0.3, 0.4) is 0 Å². The Labute approximate surface area is 208 Å². The van der Waals surface area contributed by atoms with Crippen molar-refractivity contribution in [3.05, 3.63) is 59.7 Å². The molecule has 176 valence electrons. The number of amides is 1. The molecule has 0 saturated carbocycles. The Morgan fingerprint density at radius 2 is 1.78 bits per heavy atom. The van der Waals surface area contributed by atoms with Gasteiger partial charge in [0.2, 0.25) is 0 Å². The lowest BCUT2D eigenvalue weighted by Crippen LogP contribution is -2.39. The summed E-state index contributed by atoms with van der Waals surface area (Å²) in [5.41, 5.74) is 1.81. The number of aliphatic imine (C=N–C) groups is 1. The molecular weight excluding hydrogens is 519 g/mol. The Kier molecular flexibility index (Phi) is 12.5. The summed E-state index contributed by atoms with van der Waals surface area (Å²) in [5, 5.41) is 6.60. The SMILES string of the molecule is CCNC(=NCC(C)Oc1ccc(OC)cc1)NCCc1cccc(C(=O)N(C)C)c1.I. The van der Waals surface area contributed by atoms with Crippen molar-refractivity contribution in [1.29, 1.82) is 0 Å². The van der Waals surface area contributed by atoms with Gasteiger partial charge in [-0.25, -0.2) is 4.99 Å². The lowest BCUT2D eigenvalue weighted by Gasteiger charge is -2.16. The van der Waals surface area contributed by atoms with Crippen molar-refractivity contribution in [3.8, 4) is 11.5 Å². The van der Waals surface area contributed by atoms with Gasteiger partial charge < -0.3 is 25.0 Å². The maximum Gasteiger partial charge on any atom is 0.253 e. The first-order valence-corrected chi connectivity index (χ1v) is 10.6. The smallest absolute Gasteiger partial charge is 0.253 e. The van der Waals surface area contributed by atoms with Gasteiger partial charge in [-0.1, -0.05) is 12.1 Å². The Morgan fingerprint density at radius 3 is 2.41 bits per heavy atom. The quantitative estimate of drug-likeness (QED) is 0.267. The predicted octanol–water partition coefficient (Wildman–Crippen LogP) is 3.58. The van der Waals surface area contributed by atoms with E-state index in [0.717, 1.165) is 36.0 Å². The number of benzene rings is 2. The van der Waals surface area contributed by atoms with Gasteiger partial charge in [0.25, 0.3) is 5.91 Å². The molecule has 2 rings (SSSR count). The largest absolute Gasteiger partial charge is 0.497 e. The van der Waals surface area contributed by atoms with Crippen molar-refractivity contribution in [2.45, 2.75) is 26.4 Å². The molecule has 0 spiro atoms. The predicted molar refractivity (Wildman–Crippen MR) is 141 cm³/mol. The van der Waals surface area contributed by atoms with E-state index < -0.39 is 0 Å². The van der Waals surface area contributed by atoms with Gasteiger partial charge in [-0.05, 0) is 62.2 Å². The number of carbonyl (C=O) groups excluding carboxylic acids is 1. The number of nitrogens with zero attached hydrogens (tertiary/aromatic N) is 2. The number of ether oxygens (including phenoxy) is 2. The van der Waals surface area contributed by atoms with Crippen LogP contribution in [0.5, 0.6) is 11.5 Å². The zero-order valence-corrected chi connectivity index (χ0v) is 21.9. The molecule has 32 heavy (non-hydrogen) atoms. The van der Waals surface area contributed by atoms with Crippen molar-refractivity contribution < 1.29 is 14.3 Å². The Bertz CT molecular complexity index is 857. The average Bonchev–Trinajstić information content (AvgIpc) is 2.77. The van der Waals surface area contributed by atoms with Crippen LogP contribution in [-0.4, -0.2) is 63.7 Å². The molecule has 1 amide bonds. The van der Waals surface area contributed by atoms with Gasteiger partial charge >= 0.3 is 0 Å². The molecule has 0 aliphatic rings. The topological polar surface area (TPSA) is 75.2 Å². The Balaban J connectivity index is 0.00000512. The van der Waals surface area contributed by atoms with E-state index in [9.17, 15) is 4.79 Å². The number of hydrogen-bond donors (Lipinski definition) is 2. The normalized spacial score (nSPS) is 11.7. The lowest BCUT2D eigenvalue weighted by molar-refractivity contribution is 0.0827. The molecule has 2 aromatic carbocycles. The molecule has 0 heterocycles. The van der Waals surface area contributed by atoms with Crippen LogP contribution in [0.4, 0.5) is 0 Å². The van der Waals surface area contributed by atoms with Crippen molar-refractivity contribution in [2.75, 3.05) is 40.8 Å². The number of methoxy groups -OCH3 is 1. The fourth-order valence-corrected chi connectivity index (χ4v) is 2.93. The summed E-state index contributed by atoms with van der Waals surface area (Å²) in [6.45, 7) is 6.02. The summed E-state index contributed by atoms with van der Waals surface area (Å²) in [4.78, 5) is 18.4. The third-order valence-electron chi connectivity index (χ3n) is 4.53. The maximum absolute atomic E-state index is 12.1. The van der Waals surface area contributed by atoms with Gasteiger partial charge in [0.15, 0.2) is 5.96 Å². The Hall–Kier alpha value is -2.49. The first-order valence-electron chi connectivity index (χ1n) is 10.6. The maximum atomic E-state index is 12.1. The number of carbonyl (C=O) groups is 1. The standard InChI is InChI=1S/C24H34N4O3.HI/c1-6-25-24(27-17-18(2)31-22-12-10-21(30-5)11-13-22)26-15-14-19-8-7-9-20(16-19)23(29)28(3)4;/h7-13,16,18H,6,14-15,17H2,1-5H3,(H2,25,26,27);1H. The van der Waals surface area contributed by atoms with E-state index in [1.54, 1.807) is 26.1 Å². The summed E-state index contributed by atoms with van der Waals surface area (Å²) in [7, 11) is 5.16. The molecule has 7 nitrogen and oxygen atoms in total. The minimum absolute atomic E-state index is 0. The molecule has 1 unspecified atom stereocenters. The van der Waals surface area contributed by atoms with Gasteiger partial charge in [0, 0.05) is 32.7 Å². The second kappa shape index (κ2) is 14.5. The van der Waals surface area contributed by atoms with Crippen LogP contribution in [0.1, 0.15) is 29.8 Å². The third-order valence-corrected chi connectivity index (χ3v) is 4.53. The van der Waals surface area contributed by atoms with E-state index in [-0.39, 0.29) is 36.0 Å². The lowest BCUT2D eigenvalue weighted by atomic mass is 10.1. The zero-order chi connectivity index (χ0) is 22.6. The molecule has 8 heteroatoms. The zero-order valence-electron chi connectivity index (χ0n) is 19.6. The molecule has 1 atom stereocenters. The fourth-order valence-electron chi connectivity index (χ4n) is 2.93.